The van der Waals surface area contributed by atoms with Gasteiger partial charge in [-0.1, -0.05) is 19.8 Å². The van der Waals surface area contributed by atoms with Crippen LogP contribution in [0.1, 0.15) is 44.8 Å². The van der Waals surface area contributed by atoms with Crippen LogP contribution >= 0.6 is 0 Å². The van der Waals surface area contributed by atoms with Gasteiger partial charge in [-0.2, -0.15) is 5.10 Å². The molecule has 3 N–H and O–H groups in total. The molecule has 0 aliphatic rings. The molecule has 1 aromatic heterocycles. The average molecular weight is 196 g/mol. The van der Waals surface area contributed by atoms with Gasteiger partial charge in [-0.25, -0.2) is 0 Å². The molecule has 0 aromatic carbocycles. The Kier molecular flexibility index (Phi) is 4.62. The number of nitrogens with two attached hydrogens (primary N) is 1. The second-order valence-corrected chi connectivity index (χ2v) is 3.43. The van der Waals surface area contributed by atoms with Gasteiger partial charge in [0.2, 0.25) is 0 Å². The fraction of sp³-hybridized carbons (Fsp3) is 0.700. The third-order valence-electron chi connectivity index (χ3n) is 2.45. The van der Waals surface area contributed by atoms with Crippen molar-refractivity contribution in [1.82, 2.24) is 15.2 Å². The van der Waals surface area contributed by atoms with E-state index < -0.39 is 0 Å². The number of rotatable bonds is 6. The van der Waals surface area contributed by atoms with Crippen LogP contribution in [0.25, 0.3) is 0 Å². The molecule has 0 radical (unpaired) electrons. The Morgan fingerprint density at radius 2 is 2.36 bits per heavy atom. The maximum Gasteiger partial charge on any atom is 0.0629 e. The first kappa shape index (κ1) is 11.2. The van der Waals surface area contributed by atoms with Gasteiger partial charge in [0.25, 0.3) is 0 Å². The lowest BCUT2D eigenvalue weighted by Gasteiger charge is -2.16. The summed E-state index contributed by atoms with van der Waals surface area (Å²) in [6.07, 6.45) is 5.27. The second-order valence-electron chi connectivity index (χ2n) is 3.43. The maximum atomic E-state index is 5.54. The fourth-order valence-corrected chi connectivity index (χ4v) is 1.63. The van der Waals surface area contributed by atoms with Crippen LogP contribution in [-0.4, -0.2) is 9.78 Å². The van der Waals surface area contributed by atoms with Gasteiger partial charge in [-0.05, 0) is 19.4 Å². The van der Waals surface area contributed by atoms with Gasteiger partial charge in [0.05, 0.1) is 11.7 Å². The lowest BCUT2D eigenvalue weighted by molar-refractivity contribution is 0.453. The summed E-state index contributed by atoms with van der Waals surface area (Å²) in [5.41, 5.74) is 4.04. The first-order valence-electron chi connectivity index (χ1n) is 5.31. The van der Waals surface area contributed by atoms with Crippen molar-refractivity contribution in [1.29, 1.82) is 0 Å². The van der Waals surface area contributed by atoms with Crippen LogP contribution in [0.2, 0.25) is 0 Å². The van der Waals surface area contributed by atoms with Crippen molar-refractivity contribution in [2.24, 2.45) is 5.84 Å². The molecule has 0 fully saturated rings. The van der Waals surface area contributed by atoms with Crippen molar-refractivity contribution in [3.8, 4) is 0 Å². The maximum absolute atomic E-state index is 5.54. The Hall–Kier alpha value is -0.870. The molecule has 4 nitrogen and oxygen atoms in total. The number of nitrogens with one attached hydrogen (secondary N) is 1. The highest BCUT2D eigenvalue weighted by molar-refractivity contribution is 5.06. The summed E-state index contributed by atoms with van der Waals surface area (Å²) in [6.45, 7) is 5.17. The van der Waals surface area contributed by atoms with Gasteiger partial charge in [-0.15, -0.1) is 0 Å². The van der Waals surface area contributed by atoms with E-state index in [2.05, 4.69) is 24.4 Å². The molecule has 1 atom stereocenters. The molecule has 0 spiro atoms. The van der Waals surface area contributed by atoms with Crippen molar-refractivity contribution in [3.05, 3.63) is 18.0 Å². The van der Waals surface area contributed by atoms with Gasteiger partial charge in [0.15, 0.2) is 0 Å². The molecule has 14 heavy (non-hydrogen) atoms. The van der Waals surface area contributed by atoms with Gasteiger partial charge in [0.1, 0.15) is 0 Å². The first-order chi connectivity index (χ1) is 6.83. The molecule has 0 amide bonds. The minimum atomic E-state index is 0.234. The van der Waals surface area contributed by atoms with E-state index in [9.17, 15) is 0 Å². The molecule has 80 valence electrons. The summed E-state index contributed by atoms with van der Waals surface area (Å²) < 4.78 is 1.99. The number of hydrogen-bond donors (Lipinski definition) is 2. The zero-order valence-electron chi connectivity index (χ0n) is 9.03. The van der Waals surface area contributed by atoms with Crippen LogP contribution in [-0.2, 0) is 6.54 Å². The van der Waals surface area contributed by atoms with E-state index >= 15 is 0 Å². The van der Waals surface area contributed by atoms with Crippen LogP contribution in [0.5, 0.6) is 0 Å². The van der Waals surface area contributed by atoms with E-state index in [0.29, 0.717) is 0 Å². The number of hydrogen-bond acceptors (Lipinski definition) is 3. The van der Waals surface area contributed by atoms with Crippen molar-refractivity contribution in [2.45, 2.75) is 45.7 Å². The van der Waals surface area contributed by atoms with E-state index in [0.717, 1.165) is 13.0 Å². The van der Waals surface area contributed by atoms with Crippen LogP contribution < -0.4 is 11.3 Å². The largest absolute Gasteiger partial charge is 0.271 e. The smallest absolute Gasteiger partial charge is 0.0629 e. The van der Waals surface area contributed by atoms with Crippen molar-refractivity contribution >= 4 is 0 Å². The van der Waals surface area contributed by atoms with E-state index in [1.54, 1.807) is 0 Å². The van der Waals surface area contributed by atoms with Gasteiger partial charge >= 0.3 is 0 Å². The minimum Gasteiger partial charge on any atom is -0.271 e. The second kappa shape index (κ2) is 5.78. The monoisotopic (exact) mass is 196 g/mol. The molecular weight excluding hydrogens is 176 g/mol. The lowest BCUT2D eigenvalue weighted by atomic mass is 10.1. The van der Waals surface area contributed by atoms with E-state index in [4.69, 9.17) is 5.84 Å². The molecular formula is C10H20N4. The zero-order valence-corrected chi connectivity index (χ0v) is 9.03. The quantitative estimate of drug-likeness (QED) is 0.536. The third-order valence-corrected chi connectivity index (χ3v) is 2.45. The van der Waals surface area contributed by atoms with Crippen molar-refractivity contribution < 1.29 is 0 Å². The zero-order chi connectivity index (χ0) is 10.4. The predicted molar refractivity (Wildman–Crippen MR) is 57.5 cm³/mol. The van der Waals surface area contributed by atoms with Crippen LogP contribution in [0.3, 0.4) is 0 Å². The molecule has 0 aliphatic carbocycles. The summed E-state index contributed by atoms with van der Waals surface area (Å²) in [7, 11) is 0. The van der Waals surface area contributed by atoms with Crippen molar-refractivity contribution in [3.63, 3.8) is 0 Å². The predicted octanol–water partition coefficient (Wildman–Crippen LogP) is 1.60. The molecule has 4 heteroatoms. The van der Waals surface area contributed by atoms with E-state index in [-0.39, 0.29) is 6.04 Å². The Morgan fingerprint density at radius 3 is 2.93 bits per heavy atom. The van der Waals surface area contributed by atoms with E-state index in [1.807, 2.05) is 16.9 Å². The summed E-state index contributed by atoms with van der Waals surface area (Å²) >= 11 is 0. The van der Waals surface area contributed by atoms with E-state index in [1.165, 1.54) is 18.5 Å². The van der Waals surface area contributed by atoms with Crippen LogP contribution in [0.4, 0.5) is 0 Å². The highest BCUT2D eigenvalue weighted by Crippen LogP contribution is 2.17. The highest BCUT2D eigenvalue weighted by atomic mass is 15.3. The molecule has 1 aromatic rings. The molecule has 0 saturated heterocycles. The summed E-state index contributed by atoms with van der Waals surface area (Å²) in [5, 5.41) is 4.23. The number of aryl methyl sites for hydroxylation is 1. The molecule has 0 aliphatic heterocycles. The molecule has 1 rings (SSSR count). The topological polar surface area (TPSA) is 55.9 Å². The average Bonchev–Trinajstić information content (AvgIpc) is 2.67. The minimum absolute atomic E-state index is 0.234. The van der Waals surface area contributed by atoms with Gasteiger partial charge < -0.3 is 0 Å². The number of aromatic nitrogens is 2. The number of hydrazine groups is 1. The summed E-state index contributed by atoms with van der Waals surface area (Å²) in [5.74, 6) is 5.54. The fourth-order valence-electron chi connectivity index (χ4n) is 1.63. The first-order valence-corrected chi connectivity index (χ1v) is 5.31. The molecule has 1 heterocycles. The normalized spacial score (nSPS) is 13.1. The Labute approximate surface area is 85.5 Å². The summed E-state index contributed by atoms with van der Waals surface area (Å²) in [4.78, 5) is 0. The Balaban J connectivity index is 2.67. The van der Waals surface area contributed by atoms with Crippen LogP contribution in [0.15, 0.2) is 12.3 Å². The standard InChI is InChI=1S/C10H20N4/c1-3-5-6-9(13-11)10-7-8-12-14(10)4-2/h7-9,13H,3-6,11H2,1-2H3. The van der Waals surface area contributed by atoms with Crippen LogP contribution in [0, 0.1) is 0 Å². The SMILES string of the molecule is CCCCC(NN)c1ccnn1CC. The molecule has 1 unspecified atom stereocenters. The lowest BCUT2D eigenvalue weighted by Crippen LogP contribution is -2.29. The van der Waals surface area contributed by atoms with Crippen molar-refractivity contribution in [2.75, 3.05) is 0 Å². The van der Waals surface area contributed by atoms with Gasteiger partial charge in [-0.3, -0.25) is 16.0 Å². The number of nitrogens with zero attached hydrogens (tertiary/aromatic N) is 2. The Morgan fingerprint density at radius 1 is 1.57 bits per heavy atom. The molecule has 0 bridgehead atoms. The van der Waals surface area contributed by atoms with Gasteiger partial charge in [0, 0.05) is 12.7 Å². The summed E-state index contributed by atoms with van der Waals surface area (Å²) in [6, 6.07) is 2.27. The Bertz CT molecular complexity index is 256. The number of unbranched alkanes of at least 4 members (excludes halogenated alkanes) is 1. The molecule has 0 saturated carbocycles. The third kappa shape index (κ3) is 2.56. The highest BCUT2D eigenvalue weighted by Gasteiger charge is 2.12.